The smallest absolute Gasteiger partial charge is 0.0783 e. The molecule has 0 N–H and O–H groups in total. The highest BCUT2D eigenvalue weighted by atomic mass is 31.1. The number of nitrogens with zero attached hydrogens (tertiary/aromatic N) is 1. The molecule has 3 aromatic carbocycles. The minimum Gasteiger partial charge on any atom is -0.256 e. The molecule has 108 valence electrons. The van der Waals surface area contributed by atoms with Crippen LogP contribution in [-0.4, -0.2) is 5.71 Å². The molecule has 0 spiro atoms. The number of benzene rings is 3. The van der Waals surface area contributed by atoms with Crippen LogP contribution in [0.4, 0.5) is 0 Å². The van der Waals surface area contributed by atoms with Crippen LogP contribution in [0, 0.1) is 0 Å². The molecule has 0 aromatic heterocycles. The Balaban J connectivity index is 2.03. The van der Waals surface area contributed by atoms with Gasteiger partial charge in [-0.3, -0.25) is 4.76 Å². The van der Waals surface area contributed by atoms with Crippen molar-refractivity contribution in [1.82, 2.24) is 0 Å². The van der Waals surface area contributed by atoms with E-state index in [2.05, 4.69) is 91.9 Å². The zero-order chi connectivity index (χ0) is 15.2. The molecular weight excluding hydrogens is 285 g/mol. The van der Waals surface area contributed by atoms with E-state index >= 15 is 0 Å². The lowest BCUT2D eigenvalue weighted by atomic mass is 10.1. The third-order valence-corrected chi connectivity index (χ3v) is 5.52. The van der Waals surface area contributed by atoms with Gasteiger partial charge in [-0.2, -0.15) is 0 Å². The molecule has 0 amide bonds. The van der Waals surface area contributed by atoms with Crippen LogP contribution in [0.25, 0.3) is 0 Å². The maximum Gasteiger partial charge on any atom is 0.0783 e. The van der Waals surface area contributed by atoms with Crippen molar-refractivity contribution in [2.75, 3.05) is 0 Å². The Morgan fingerprint density at radius 1 is 0.636 bits per heavy atom. The molecule has 3 aromatic rings. The molecule has 0 saturated heterocycles. The summed E-state index contributed by atoms with van der Waals surface area (Å²) in [7, 11) is -0.726. The highest BCUT2D eigenvalue weighted by molar-refractivity contribution is 7.72. The zero-order valence-electron chi connectivity index (χ0n) is 12.6. The van der Waals surface area contributed by atoms with Crippen molar-refractivity contribution < 1.29 is 0 Å². The van der Waals surface area contributed by atoms with Crippen molar-refractivity contribution in [2.45, 2.75) is 6.92 Å². The van der Waals surface area contributed by atoms with Crippen LogP contribution in [-0.2, 0) is 0 Å². The standard InChI is InChI=1S/C20H18NP/c1-17(18-11-5-2-6-12-18)21-22(19-13-7-3-8-14-19)20-15-9-4-10-16-20/h2-16H,1H3. The third-order valence-electron chi connectivity index (χ3n) is 3.44. The molecule has 3 rings (SSSR count). The molecule has 1 nitrogen and oxygen atoms in total. The summed E-state index contributed by atoms with van der Waals surface area (Å²) in [5.41, 5.74) is 2.27. The Hall–Kier alpha value is -2.24. The second-order valence-corrected chi connectivity index (χ2v) is 6.89. The van der Waals surface area contributed by atoms with E-state index in [0.29, 0.717) is 0 Å². The van der Waals surface area contributed by atoms with Crippen LogP contribution in [0.1, 0.15) is 12.5 Å². The SMILES string of the molecule is CC(=NP(c1ccccc1)c1ccccc1)c1ccccc1. The van der Waals surface area contributed by atoms with Crippen molar-refractivity contribution in [3.05, 3.63) is 96.6 Å². The van der Waals surface area contributed by atoms with Crippen LogP contribution in [0.5, 0.6) is 0 Å². The van der Waals surface area contributed by atoms with Gasteiger partial charge in [-0.25, -0.2) is 0 Å². The van der Waals surface area contributed by atoms with Gasteiger partial charge in [0, 0.05) is 16.3 Å². The average molecular weight is 303 g/mol. The van der Waals surface area contributed by atoms with Crippen LogP contribution >= 0.6 is 8.07 Å². The van der Waals surface area contributed by atoms with Crippen molar-refractivity contribution in [2.24, 2.45) is 4.76 Å². The van der Waals surface area contributed by atoms with Gasteiger partial charge in [0.1, 0.15) is 0 Å². The lowest BCUT2D eigenvalue weighted by Gasteiger charge is -2.15. The number of rotatable bonds is 4. The van der Waals surface area contributed by atoms with Gasteiger partial charge in [0.25, 0.3) is 0 Å². The van der Waals surface area contributed by atoms with Gasteiger partial charge in [-0.1, -0.05) is 91.0 Å². The van der Waals surface area contributed by atoms with Gasteiger partial charge in [-0.15, -0.1) is 0 Å². The third kappa shape index (κ3) is 3.50. The second kappa shape index (κ2) is 7.15. The van der Waals surface area contributed by atoms with E-state index in [4.69, 9.17) is 4.76 Å². The van der Waals surface area contributed by atoms with E-state index in [0.717, 1.165) is 5.71 Å². The maximum absolute atomic E-state index is 5.07. The second-order valence-electron chi connectivity index (χ2n) is 5.03. The molecule has 0 aliphatic rings. The molecule has 0 atom stereocenters. The average Bonchev–Trinajstić information content (AvgIpc) is 2.62. The summed E-state index contributed by atoms with van der Waals surface area (Å²) < 4.78 is 5.07. The fraction of sp³-hybridized carbons (Fsp3) is 0.0500. The first-order valence-corrected chi connectivity index (χ1v) is 8.65. The summed E-state index contributed by atoms with van der Waals surface area (Å²) in [6.07, 6.45) is 0. The first-order valence-electron chi connectivity index (χ1n) is 7.35. The maximum atomic E-state index is 5.07. The quantitative estimate of drug-likeness (QED) is 0.495. The Bertz CT molecular complexity index is 697. The predicted octanol–water partition coefficient (Wildman–Crippen LogP) is 4.54. The van der Waals surface area contributed by atoms with Crippen LogP contribution < -0.4 is 10.6 Å². The first-order chi connectivity index (χ1) is 10.8. The lowest BCUT2D eigenvalue weighted by Crippen LogP contribution is -2.11. The largest absolute Gasteiger partial charge is 0.256 e. The van der Waals surface area contributed by atoms with Gasteiger partial charge in [0.05, 0.1) is 8.07 Å². The fourth-order valence-electron chi connectivity index (χ4n) is 2.29. The molecule has 0 radical (unpaired) electrons. The van der Waals surface area contributed by atoms with Crippen molar-refractivity contribution >= 4 is 24.4 Å². The number of hydrogen-bond donors (Lipinski definition) is 0. The highest BCUT2D eigenvalue weighted by Crippen LogP contribution is 2.35. The molecule has 0 saturated carbocycles. The Labute approximate surface area is 133 Å². The van der Waals surface area contributed by atoms with E-state index in [-0.39, 0.29) is 0 Å². The van der Waals surface area contributed by atoms with Gasteiger partial charge in [0.2, 0.25) is 0 Å². The van der Waals surface area contributed by atoms with E-state index in [1.54, 1.807) is 0 Å². The summed E-state index contributed by atoms with van der Waals surface area (Å²) in [4.78, 5) is 0. The van der Waals surface area contributed by atoms with Gasteiger partial charge < -0.3 is 0 Å². The summed E-state index contributed by atoms with van der Waals surface area (Å²) in [5.74, 6) is 0. The van der Waals surface area contributed by atoms with Crippen LogP contribution in [0.2, 0.25) is 0 Å². The monoisotopic (exact) mass is 303 g/mol. The van der Waals surface area contributed by atoms with Crippen LogP contribution in [0.3, 0.4) is 0 Å². The van der Waals surface area contributed by atoms with Gasteiger partial charge >= 0.3 is 0 Å². The zero-order valence-corrected chi connectivity index (χ0v) is 13.4. The molecule has 0 unspecified atom stereocenters. The molecule has 22 heavy (non-hydrogen) atoms. The van der Waals surface area contributed by atoms with Crippen molar-refractivity contribution in [1.29, 1.82) is 0 Å². The van der Waals surface area contributed by atoms with E-state index < -0.39 is 8.07 Å². The first kappa shape index (κ1) is 14.7. The minimum absolute atomic E-state index is 0.726. The van der Waals surface area contributed by atoms with E-state index in [1.807, 2.05) is 6.07 Å². The molecule has 0 aliphatic heterocycles. The molecule has 2 heteroatoms. The van der Waals surface area contributed by atoms with Crippen LogP contribution in [0.15, 0.2) is 95.8 Å². The van der Waals surface area contributed by atoms with Gasteiger partial charge in [-0.05, 0) is 12.5 Å². The minimum atomic E-state index is -0.726. The molecule has 0 fully saturated rings. The molecular formula is C20H18NP. The summed E-state index contributed by atoms with van der Waals surface area (Å²) in [6, 6.07) is 31.5. The van der Waals surface area contributed by atoms with Crippen molar-refractivity contribution in [3.63, 3.8) is 0 Å². The molecule has 0 bridgehead atoms. The lowest BCUT2D eigenvalue weighted by molar-refractivity contribution is 1.59. The summed E-state index contributed by atoms with van der Waals surface area (Å²) in [5, 5.41) is 2.55. The summed E-state index contributed by atoms with van der Waals surface area (Å²) in [6.45, 7) is 2.09. The van der Waals surface area contributed by atoms with Crippen molar-refractivity contribution in [3.8, 4) is 0 Å². The summed E-state index contributed by atoms with van der Waals surface area (Å²) >= 11 is 0. The number of hydrogen-bond acceptors (Lipinski definition) is 1. The van der Waals surface area contributed by atoms with Gasteiger partial charge in [0.15, 0.2) is 0 Å². The van der Waals surface area contributed by atoms with E-state index in [1.165, 1.54) is 16.2 Å². The fourth-order valence-corrected chi connectivity index (χ4v) is 4.14. The molecule has 0 aliphatic carbocycles. The normalized spacial score (nSPS) is 11.6. The predicted molar refractivity (Wildman–Crippen MR) is 97.7 cm³/mol. The Kier molecular flexibility index (Phi) is 4.78. The van der Waals surface area contributed by atoms with E-state index in [9.17, 15) is 0 Å². The Morgan fingerprint density at radius 3 is 1.50 bits per heavy atom. The topological polar surface area (TPSA) is 12.4 Å². The Morgan fingerprint density at radius 2 is 1.05 bits per heavy atom. The highest BCUT2D eigenvalue weighted by Gasteiger charge is 2.13. The molecule has 0 heterocycles.